The number of nitrogens with zero attached hydrogens (tertiary/aromatic N) is 1. The molecule has 31 heavy (non-hydrogen) atoms. The average molecular weight is 452 g/mol. The lowest BCUT2D eigenvalue weighted by Crippen LogP contribution is -3.00. The molecule has 1 unspecified atom stereocenters. The Hall–Kier alpha value is -0.530. The first-order valence-electron chi connectivity index (χ1n) is 13.5. The summed E-state index contributed by atoms with van der Waals surface area (Å²) in [5, 5.41) is 0. The van der Waals surface area contributed by atoms with Gasteiger partial charge in [0.15, 0.2) is 0 Å². The molecule has 0 radical (unpaired) electrons. The molecule has 0 aliphatic rings. The average Bonchev–Trinajstić information content (AvgIpc) is 2.74. The molecule has 1 rings (SSSR count). The van der Waals surface area contributed by atoms with E-state index < -0.39 is 0 Å². The van der Waals surface area contributed by atoms with Gasteiger partial charge in [0, 0.05) is 12.0 Å². The van der Waals surface area contributed by atoms with Gasteiger partial charge < -0.3 is 16.9 Å². The maximum Gasteiger partial charge on any atom is 0.114 e. The summed E-state index contributed by atoms with van der Waals surface area (Å²) in [5.74, 6) is 0. The SMILES string of the molecule is CCCCCCCCCCCCCCCCCC[N+](C)(C)C(CC)c1ccccc1.[Cl-]. The lowest BCUT2D eigenvalue weighted by atomic mass is 10.00. The van der Waals surface area contributed by atoms with Gasteiger partial charge in [0.25, 0.3) is 0 Å². The van der Waals surface area contributed by atoms with Crippen molar-refractivity contribution in [3.63, 3.8) is 0 Å². The molecule has 1 aromatic rings. The summed E-state index contributed by atoms with van der Waals surface area (Å²) in [7, 11) is 4.85. The molecule has 0 heterocycles. The van der Waals surface area contributed by atoms with Gasteiger partial charge in [-0.05, 0) is 12.8 Å². The third-order valence-corrected chi connectivity index (χ3v) is 7.00. The number of rotatable bonds is 20. The predicted octanol–water partition coefficient (Wildman–Crippen LogP) is 6.48. The molecule has 0 fully saturated rings. The topological polar surface area (TPSA) is 0 Å². The summed E-state index contributed by atoms with van der Waals surface area (Å²) in [4.78, 5) is 0. The van der Waals surface area contributed by atoms with Crippen LogP contribution in [0.25, 0.3) is 0 Å². The molecular formula is C29H54ClN. The van der Waals surface area contributed by atoms with E-state index in [1.165, 1.54) is 121 Å². The summed E-state index contributed by atoms with van der Waals surface area (Å²) >= 11 is 0. The molecule has 2 heteroatoms. The third kappa shape index (κ3) is 15.0. The largest absolute Gasteiger partial charge is 1.00 e. The summed E-state index contributed by atoms with van der Waals surface area (Å²) < 4.78 is 1.12. The van der Waals surface area contributed by atoms with E-state index in [0.29, 0.717) is 6.04 Å². The molecule has 0 saturated heterocycles. The minimum atomic E-state index is 0. The second-order valence-electron chi connectivity index (χ2n) is 10.1. The molecule has 0 N–H and O–H groups in total. The van der Waals surface area contributed by atoms with Crippen molar-refractivity contribution in [2.45, 2.75) is 129 Å². The Morgan fingerprint density at radius 3 is 1.35 bits per heavy atom. The molecular weight excluding hydrogens is 398 g/mol. The van der Waals surface area contributed by atoms with Gasteiger partial charge in [0.05, 0.1) is 20.6 Å². The van der Waals surface area contributed by atoms with E-state index in [2.05, 4.69) is 58.3 Å². The first-order valence-corrected chi connectivity index (χ1v) is 13.5. The van der Waals surface area contributed by atoms with Crippen LogP contribution in [0.2, 0.25) is 0 Å². The minimum Gasteiger partial charge on any atom is -1.00 e. The van der Waals surface area contributed by atoms with Gasteiger partial charge in [-0.2, -0.15) is 0 Å². The van der Waals surface area contributed by atoms with Crippen LogP contribution in [0.1, 0.15) is 135 Å². The predicted molar refractivity (Wildman–Crippen MR) is 136 cm³/mol. The Morgan fingerprint density at radius 1 is 0.581 bits per heavy atom. The molecule has 1 aromatic carbocycles. The van der Waals surface area contributed by atoms with Crippen LogP contribution in [0.3, 0.4) is 0 Å². The first kappa shape index (κ1) is 30.5. The quantitative estimate of drug-likeness (QED) is 0.157. The minimum absolute atomic E-state index is 0. The Bertz CT molecular complexity index is 485. The standard InChI is InChI=1S/C29H54N.ClH/c1-5-7-8-9-10-11-12-13-14-15-16-17-18-19-20-24-27-30(3,4)29(6-2)28-25-22-21-23-26-28;/h21-23,25-26,29H,5-20,24,27H2,1-4H3;1H/q+1;/p-1. The van der Waals surface area contributed by atoms with Crippen LogP contribution in [-0.4, -0.2) is 25.1 Å². The molecule has 1 atom stereocenters. The zero-order chi connectivity index (χ0) is 21.9. The maximum absolute atomic E-state index is 2.42. The normalized spacial score (nSPS) is 12.5. The smallest absolute Gasteiger partial charge is 0.114 e. The summed E-state index contributed by atoms with van der Waals surface area (Å²) in [6, 6.07) is 11.7. The molecule has 0 aliphatic heterocycles. The molecule has 0 aliphatic carbocycles. The van der Waals surface area contributed by atoms with Gasteiger partial charge >= 0.3 is 0 Å². The zero-order valence-corrected chi connectivity index (χ0v) is 22.3. The van der Waals surface area contributed by atoms with Crippen molar-refractivity contribution in [2.75, 3.05) is 20.6 Å². The van der Waals surface area contributed by atoms with Gasteiger partial charge in [-0.1, -0.05) is 134 Å². The second-order valence-corrected chi connectivity index (χ2v) is 10.1. The van der Waals surface area contributed by atoms with E-state index in [4.69, 9.17) is 0 Å². The monoisotopic (exact) mass is 451 g/mol. The zero-order valence-electron chi connectivity index (χ0n) is 21.5. The van der Waals surface area contributed by atoms with Crippen LogP contribution in [0.5, 0.6) is 0 Å². The highest BCUT2D eigenvalue weighted by atomic mass is 35.5. The summed E-state index contributed by atoms with van der Waals surface area (Å²) in [6.45, 7) is 5.94. The van der Waals surface area contributed by atoms with Crippen LogP contribution in [0.4, 0.5) is 0 Å². The molecule has 0 bridgehead atoms. The Morgan fingerprint density at radius 2 is 0.968 bits per heavy atom. The highest BCUT2D eigenvalue weighted by Gasteiger charge is 2.27. The maximum atomic E-state index is 2.42. The number of halogens is 1. The van der Waals surface area contributed by atoms with Crippen molar-refractivity contribution < 1.29 is 16.9 Å². The van der Waals surface area contributed by atoms with E-state index in [1.54, 1.807) is 0 Å². The fourth-order valence-electron chi connectivity index (χ4n) is 5.03. The second kappa shape index (κ2) is 20.1. The van der Waals surface area contributed by atoms with Gasteiger partial charge in [-0.3, -0.25) is 0 Å². The van der Waals surface area contributed by atoms with Gasteiger partial charge in [0.2, 0.25) is 0 Å². The van der Waals surface area contributed by atoms with Crippen LogP contribution in [0, 0.1) is 0 Å². The molecule has 0 amide bonds. The lowest BCUT2D eigenvalue weighted by molar-refractivity contribution is -0.921. The van der Waals surface area contributed by atoms with Crippen LogP contribution >= 0.6 is 0 Å². The fraction of sp³-hybridized carbons (Fsp3) is 0.793. The number of unbranched alkanes of at least 4 members (excludes halogenated alkanes) is 15. The Balaban J connectivity index is 0.00000900. The van der Waals surface area contributed by atoms with E-state index in [-0.39, 0.29) is 12.4 Å². The van der Waals surface area contributed by atoms with Crippen molar-refractivity contribution in [1.29, 1.82) is 0 Å². The van der Waals surface area contributed by atoms with Gasteiger partial charge in [-0.25, -0.2) is 0 Å². The van der Waals surface area contributed by atoms with Crippen LogP contribution in [0.15, 0.2) is 30.3 Å². The van der Waals surface area contributed by atoms with Crippen LogP contribution in [-0.2, 0) is 0 Å². The number of hydrogen-bond acceptors (Lipinski definition) is 0. The number of quaternary nitrogens is 1. The van der Waals surface area contributed by atoms with Crippen molar-refractivity contribution in [3.8, 4) is 0 Å². The summed E-state index contributed by atoms with van der Waals surface area (Å²) in [5.41, 5.74) is 1.50. The first-order chi connectivity index (χ1) is 14.6. The molecule has 182 valence electrons. The third-order valence-electron chi connectivity index (χ3n) is 7.00. The molecule has 1 nitrogen and oxygen atoms in total. The van der Waals surface area contributed by atoms with Crippen molar-refractivity contribution >= 4 is 0 Å². The van der Waals surface area contributed by atoms with Gasteiger partial charge in [-0.15, -0.1) is 0 Å². The van der Waals surface area contributed by atoms with Crippen molar-refractivity contribution in [3.05, 3.63) is 35.9 Å². The van der Waals surface area contributed by atoms with Gasteiger partial charge in [0.1, 0.15) is 6.04 Å². The Kier molecular flexibility index (Phi) is 19.8. The van der Waals surface area contributed by atoms with Crippen LogP contribution < -0.4 is 12.4 Å². The lowest BCUT2D eigenvalue weighted by Gasteiger charge is -2.38. The van der Waals surface area contributed by atoms with E-state index in [1.807, 2.05) is 0 Å². The van der Waals surface area contributed by atoms with Crippen molar-refractivity contribution in [2.24, 2.45) is 0 Å². The van der Waals surface area contributed by atoms with E-state index in [0.717, 1.165) is 4.48 Å². The van der Waals surface area contributed by atoms with E-state index in [9.17, 15) is 0 Å². The molecule has 0 saturated carbocycles. The highest BCUT2D eigenvalue weighted by Crippen LogP contribution is 2.28. The Labute approximate surface area is 202 Å². The number of benzene rings is 1. The molecule has 0 aromatic heterocycles. The summed E-state index contributed by atoms with van der Waals surface area (Å²) in [6.07, 6.45) is 24.3. The van der Waals surface area contributed by atoms with Crippen molar-refractivity contribution in [1.82, 2.24) is 0 Å². The highest BCUT2D eigenvalue weighted by molar-refractivity contribution is 5.17. The number of hydrogen-bond donors (Lipinski definition) is 0. The molecule has 0 spiro atoms. The van der Waals surface area contributed by atoms with E-state index >= 15 is 0 Å². The fourth-order valence-corrected chi connectivity index (χ4v) is 5.03.